The van der Waals surface area contributed by atoms with Crippen molar-refractivity contribution in [3.05, 3.63) is 68.4 Å². The molecule has 23 heavy (non-hydrogen) atoms. The number of aromatic hydroxyl groups is 1. The predicted molar refractivity (Wildman–Crippen MR) is 98.3 cm³/mol. The number of aromatic nitrogens is 1. The third-order valence-electron chi connectivity index (χ3n) is 3.77. The minimum Gasteiger partial charge on any atom is -0.506 e. The summed E-state index contributed by atoms with van der Waals surface area (Å²) >= 11 is 6.58. The standard InChI is InChI=1S/C18H15Br2NO2/c1-2-5-11-8-13-6-3-4-7-21(13)16(11)17(22)12-9-14(19)18(23)15(20)10-12/h3-4,6-10,23H,2,5H2,1H3. The number of rotatable bonds is 4. The number of hydrogen-bond donors (Lipinski definition) is 1. The van der Waals surface area contributed by atoms with Crippen molar-refractivity contribution in [1.82, 2.24) is 4.40 Å². The summed E-state index contributed by atoms with van der Waals surface area (Å²) in [6, 6.07) is 11.3. The van der Waals surface area contributed by atoms with Crippen LogP contribution < -0.4 is 0 Å². The predicted octanol–water partition coefficient (Wildman–Crippen LogP) is 5.35. The molecule has 0 saturated carbocycles. The first-order chi connectivity index (χ1) is 11.0. The van der Waals surface area contributed by atoms with Gasteiger partial charge in [-0.3, -0.25) is 4.79 Å². The second kappa shape index (κ2) is 6.49. The topological polar surface area (TPSA) is 41.7 Å². The number of benzene rings is 1. The van der Waals surface area contributed by atoms with E-state index < -0.39 is 0 Å². The normalized spacial score (nSPS) is 11.1. The van der Waals surface area contributed by atoms with Crippen molar-refractivity contribution in [3.8, 4) is 5.75 Å². The quantitative estimate of drug-likeness (QED) is 0.559. The lowest BCUT2D eigenvalue weighted by Crippen LogP contribution is -2.08. The van der Waals surface area contributed by atoms with Crippen LogP contribution in [0.5, 0.6) is 5.75 Å². The minimum absolute atomic E-state index is 0.0546. The molecule has 0 bridgehead atoms. The molecule has 0 radical (unpaired) electrons. The van der Waals surface area contributed by atoms with Gasteiger partial charge in [0.05, 0.1) is 14.6 Å². The minimum atomic E-state index is -0.0546. The molecule has 0 unspecified atom stereocenters. The molecule has 118 valence electrons. The van der Waals surface area contributed by atoms with Crippen LogP contribution in [-0.2, 0) is 6.42 Å². The van der Waals surface area contributed by atoms with E-state index in [1.165, 1.54) is 0 Å². The van der Waals surface area contributed by atoms with Crippen LogP contribution in [0.1, 0.15) is 35.0 Å². The van der Waals surface area contributed by atoms with Gasteiger partial charge in [-0.15, -0.1) is 0 Å². The summed E-state index contributed by atoms with van der Waals surface area (Å²) in [7, 11) is 0. The van der Waals surface area contributed by atoms with Gasteiger partial charge in [0, 0.05) is 17.3 Å². The van der Waals surface area contributed by atoms with E-state index in [2.05, 4.69) is 44.8 Å². The van der Waals surface area contributed by atoms with Gasteiger partial charge in [-0.2, -0.15) is 0 Å². The highest BCUT2D eigenvalue weighted by molar-refractivity contribution is 9.11. The summed E-state index contributed by atoms with van der Waals surface area (Å²) in [6.07, 6.45) is 3.73. The molecule has 0 aliphatic rings. The van der Waals surface area contributed by atoms with Crippen LogP contribution in [0.3, 0.4) is 0 Å². The molecule has 3 nitrogen and oxygen atoms in total. The molecule has 2 heterocycles. The van der Waals surface area contributed by atoms with Crippen LogP contribution in [0, 0.1) is 0 Å². The summed E-state index contributed by atoms with van der Waals surface area (Å²) in [5, 5.41) is 9.84. The second-order valence-corrected chi connectivity index (χ2v) is 7.09. The van der Waals surface area contributed by atoms with Gasteiger partial charge in [-0.05, 0) is 74.2 Å². The van der Waals surface area contributed by atoms with Gasteiger partial charge >= 0.3 is 0 Å². The van der Waals surface area contributed by atoms with Crippen molar-refractivity contribution < 1.29 is 9.90 Å². The number of pyridine rings is 1. The Balaban J connectivity index is 2.19. The maximum Gasteiger partial charge on any atom is 0.210 e. The van der Waals surface area contributed by atoms with Crippen LogP contribution in [-0.4, -0.2) is 15.3 Å². The highest BCUT2D eigenvalue weighted by atomic mass is 79.9. The Bertz CT molecular complexity index is 876. The Labute approximate surface area is 151 Å². The number of ketones is 1. The molecule has 5 heteroatoms. The highest BCUT2D eigenvalue weighted by Crippen LogP contribution is 2.34. The fourth-order valence-corrected chi connectivity index (χ4v) is 3.91. The van der Waals surface area contributed by atoms with Crippen LogP contribution in [0.15, 0.2) is 51.5 Å². The first kappa shape index (κ1) is 16.3. The SMILES string of the molecule is CCCc1cc2ccccn2c1C(=O)c1cc(Br)c(O)c(Br)c1. The molecule has 2 aromatic heterocycles. The Morgan fingerprint density at radius 2 is 1.87 bits per heavy atom. The zero-order valence-corrected chi connectivity index (χ0v) is 15.7. The molecule has 0 saturated heterocycles. The van der Waals surface area contributed by atoms with Gasteiger partial charge in [0.25, 0.3) is 0 Å². The number of phenolic OH excluding ortho intramolecular Hbond substituents is 1. The number of fused-ring (bicyclic) bond motifs is 1. The van der Waals surface area contributed by atoms with Crippen molar-refractivity contribution in [2.24, 2.45) is 0 Å². The van der Waals surface area contributed by atoms with E-state index in [-0.39, 0.29) is 11.5 Å². The monoisotopic (exact) mass is 435 g/mol. The number of aryl methyl sites for hydroxylation is 1. The molecule has 0 fully saturated rings. The maximum atomic E-state index is 13.1. The molecular formula is C18H15Br2NO2. The van der Waals surface area contributed by atoms with Crippen LogP contribution in [0.25, 0.3) is 5.52 Å². The number of carbonyl (C=O) groups is 1. The van der Waals surface area contributed by atoms with E-state index in [9.17, 15) is 9.90 Å². The average molecular weight is 437 g/mol. The lowest BCUT2D eigenvalue weighted by Gasteiger charge is -2.08. The Kier molecular flexibility index (Phi) is 4.60. The molecule has 3 aromatic rings. The van der Waals surface area contributed by atoms with Gasteiger partial charge in [0.15, 0.2) is 0 Å². The van der Waals surface area contributed by atoms with Crippen LogP contribution in [0.4, 0.5) is 0 Å². The zero-order chi connectivity index (χ0) is 16.6. The Morgan fingerprint density at radius 1 is 1.17 bits per heavy atom. The van der Waals surface area contributed by atoms with Crippen molar-refractivity contribution in [3.63, 3.8) is 0 Å². The molecule has 0 atom stereocenters. The van der Waals surface area contributed by atoms with E-state index in [1.807, 2.05) is 28.8 Å². The number of halogens is 2. The summed E-state index contributed by atoms with van der Waals surface area (Å²) < 4.78 is 2.92. The van der Waals surface area contributed by atoms with Crippen LogP contribution >= 0.6 is 31.9 Å². The second-order valence-electron chi connectivity index (χ2n) is 5.38. The van der Waals surface area contributed by atoms with Gasteiger partial charge in [-0.1, -0.05) is 19.4 Å². The molecule has 1 aromatic carbocycles. The van der Waals surface area contributed by atoms with Crippen LogP contribution in [0.2, 0.25) is 0 Å². The van der Waals surface area contributed by atoms with Crippen molar-refractivity contribution >= 4 is 43.2 Å². The lowest BCUT2D eigenvalue weighted by molar-refractivity contribution is 0.103. The number of carbonyl (C=O) groups excluding carboxylic acids is 1. The largest absolute Gasteiger partial charge is 0.506 e. The van der Waals surface area contributed by atoms with E-state index >= 15 is 0 Å². The maximum absolute atomic E-state index is 13.1. The summed E-state index contributed by atoms with van der Waals surface area (Å²) in [4.78, 5) is 13.1. The van der Waals surface area contributed by atoms with Gasteiger partial charge < -0.3 is 9.51 Å². The molecule has 0 amide bonds. The lowest BCUT2D eigenvalue weighted by atomic mass is 10.0. The van der Waals surface area contributed by atoms with E-state index in [0.717, 1.165) is 23.9 Å². The molecule has 0 aliphatic heterocycles. The number of phenols is 1. The summed E-state index contributed by atoms with van der Waals surface area (Å²) in [5.74, 6) is 0.0383. The number of nitrogens with zero attached hydrogens (tertiary/aromatic N) is 1. The summed E-state index contributed by atoms with van der Waals surface area (Å²) in [5.41, 5.74) is 3.27. The Morgan fingerprint density at radius 3 is 2.52 bits per heavy atom. The van der Waals surface area contributed by atoms with Gasteiger partial charge in [0.1, 0.15) is 5.75 Å². The van der Waals surface area contributed by atoms with Crippen molar-refractivity contribution in [2.45, 2.75) is 19.8 Å². The molecule has 1 N–H and O–H groups in total. The van der Waals surface area contributed by atoms with Gasteiger partial charge in [0.2, 0.25) is 5.78 Å². The average Bonchev–Trinajstić information content (AvgIpc) is 2.89. The van der Waals surface area contributed by atoms with Crippen molar-refractivity contribution in [1.29, 1.82) is 0 Å². The highest BCUT2D eigenvalue weighted by Gasteiger charge is 2.20. The molecule has 3 rings (SSSR count). The fourth-order valence-electron chi connectivity index (χ4n) is 2.73. The molecular weight excluding hydrogens is 422 g/mol. The zero-order valence-electron chi connectivity index (χ0n) is 12.5. The van der Waals surface area contributed by atoms with E-state index in [4.69, 9.17) is 0 Å². The van der Waals surface area contributed by atoms with E-state index in [0.29, 0.717) is 20.2 Å². The molecule has 0 spiro atoms. The third-order valence-corrected chi connectivity index (χ3v) is 4.98. The Hall–Kier alpha value is -1.59. The van der Waals surface area contributed by atoms with Crippen molar-refractivity contribution in [2.75, 3.05) is 0 Å². The van der Waals surface area contributed by atoms with E-state index in [1.54, 1.807) is 12.1 Å². The number of hydrogen-bond acceptors (Lipinski definition) is 2. The van der Waals surface area contributed by atoms with Gasteiger partial charge in [-0.25, -0.2) is 0 Å². The third kappa shape index (κ3) is 2.95. The fraction of sp³-hybridized carbons (Fsp3) is 0.167. The smallest absolute Gasteiger partial charge is 0.210 e. The first-order valence-corrected chi connectivity index (χ1v) is 8.93. The first-order valence-electron chi connectivity index (χ1n) is 7.34. The molecule has 0 aliphatic carbocycles. The summed E-state index contributed by atoms with van der Waals surface area (Å²) in [6.45, 7) is 2.10.